The average Bonchev–Trinajstić information content (AvgIpc) is 2.62. The number of aromatic nitrogens is 2. The Bertz CT molecular complexity index is 1060. The number of pyridine rings is 2. The number of likely N-dealkylation sites (N-methyl/N-ethyl adjacent to an activating group) is 1. The van der Waals surface area contributed by atoms with Gasteiger partial charge in [-0.3, -0.25) is 14.8 Å². The van der Waals surface area contributed by atoms with E-state index in [1.54, 1.807) is 24.5 Å². The predicted molar refractivity (Wildman–Crippen MR) is 97.8 cm³/mol. The standard InChI is InChI=1S/C20H16N4O/c1-23(2)13-5-8-24-18-12-21-11-17-19(18)15(4-7-22-17)16-9-14(25)3-6-20(16,24)10-13/h3-12H,1-2H3. The maximum absolute atomic E-state index is 12.2. The zero-order valence-corrected chi connectivity index (χ0v) is 14.0. The van der Waals surface area contributed by atoms with E-state index in [0.29, 0.717) is 0 Å². The number of allylic oxidation sites excluding steroid dienone is 3. The van der Waals surface area contributed by atoms with Crippen molar-refractivity contribution in [3.63, 3.8) is 0 Å². The summed E-state index contributed by atoms with van der Waals surface area (Å²) in [6, 6.07) is 1.99. The van der Waals surface area contributed by atoms with Gasteiger partial charge in [-0.2, -0.15) is 0 Å². The molecule has 0 saturated heterocycles. The van der Waals surface area contributed by atoms with Crippen LogP contribution in [0.25, 0.3) is 16.5 Å². The summed E-state index contributed by atoms with van der Waals surface area (Å²) < 4.78 is 0. The Morgan fingerprint density at radius 3 is 2.92 bits per heavy atom. The number of hydrogen-bond donors (Lipinski definition) is 0. The van der Waals surface area contributed by atoms with Crippen LogP contribution in [0, 0.1) is 0 Å². The maximum Gasteiger partial charge on any atom is 0.178 e. The molecule has 1 spiro atoms. The first-order chi connectivity index (χ1) is 12.1. The summed E-state index contributed by atoms with van der Waals surface area (Å²) in [7, 11) is 4.04. The Labute approximate surface area is 145 Å². The first-order valence-corrected chi connectivity index (χ1v) is 8.16. The minimum atomic E-state index is -0.521. The monoisotopic (exact) mass is 328 g/mol. The summed E-state index contributed by atoms with van der Waals surface area (Å²) in [5.74, 6) is 0.0115. The molecule has 1 unspecified atom stereocenters. The van der Waals surface area contributed by atoms with Crippen molar-refractivity contribution in [2.45, 2.75) is 5.54 Å². The Morgan fingerprint density at radius 1 is 1.20 bits per heavy atom. The summed E-state index contributed by atoms with van der Waals surface area (Å²) in [4.78, 5) is 25.3. The van der Waals surface area contributed by atoms with E-state index in [1.165, 1.54) is 0 Å². The lowest BCUT2D eigenvalue weighted by Crippen LogP contribution is -2.49. The molecule has 25 heavy (non-hydrogen) atoms. The van der Waals surface area contributed by atoms with Gasteiger partial charge in [-0.1, -0.05) is 0 Å². The van der Waals surface area contributed by atoms with Gasteiger partial charge in [-0.05, 0) is 47.6 Å². The molecule has 2 aromatic rings. The molecule has 0 N–H and O–H groups in total. The summed E-state index contributed by atoms with van der Waals surface area (Å²) in [6.45, 7) is 0. The molecule has 5 rings (SSSR count). The number of nitrogens with zero attached hydrogens (tertiary/aromatic N) is 4. The van der Waals surface area contributed by atoms with Crippen LogP contribution in [0.5, 0.6) is 0 Å². The lowest BCUT2D eigenvalue weighted by molar-refractivity contribution is -0.110. The quantitative estimate of drug-likeness (QED) is 0.805. The van der Waals surface area contributed by atoms with Crippen LogP contribution in [-0.2, 0) is 4.79 Å². The molecule has 0 saturated carbocycles. The molecule has 1 atom stereocenters. The van der Waals surface area contributed by atoms with Gasteiger partial charge in [0.05, 0.1) is 23.6 Å². The van der Waals surface area contributed by atoms with Crippen molar-refractivity contribution in [2.75, 3.05) is 19.0 Å². The van der Waals surface area contributed by atoms with Gasteiger partial charge in [0.1, 0.15) is 5.54 Å². The van der Waals surface area contributed by atoms with Crippen LogP contribution < -0.4 is 4.90 Å². The first kappa shape index (κ1) is 14.2. The fourth-order valence-corrected chi connectivity index (χ4v) is 3.90. The van der Waals surface area contributed by atoms with Crippen LogP contribution in [0.1, 0.15) is 5.56 Å². The third-order valence-corrected chi connectivity index (χ3v) is 5.08. The molecule has 5 nitrogen and oxygen atoms in total. The molecular weight excluding hydrogens is 312 g/mol. The molecule has 0 radical (unpaired) electrons. The number of carbonyl (C=O) groups excluding carboxylic acids is 1. The van der Waals surface area contributed by atoms with Crippen molar-refractivity contribution < 1.29 is 4.79 Å². The molecule has 5 heteroatoms. The van der Waals surface area contributed by atoms with E-state index in [-0.39, 0.29) is 5.78 Å². The van der Waals surface area contributed by atoms with Gasteiger partial charge < -0.3 is 9.80 Å². The average molecular weight is 328 g/mol. The third-order valence-electron chi connectivity index (χ3n) is 5.08. The molecule has 0 bridgehead atoms. The highest BCUT2D eigenvalue weighted by Crippen LogP contribution is 2.50. The lowest BCUT2D eigenvalue weighted by Gasteiger charge is -2.48. The number of fused-ring (bicyclic) bond motifs is 2. The second-order valence-corrected chi connectivity index (χ2v) is 6.68. The van der Waals surface area contributed by atoms with Crippen LogP contribution in [-0.4, -0.2) is 40.3 Å². The van der Waals surface area contributed by atoms with Crippen molar-refractivity contribution >= 4 is 27.9 Å². The molecule has 3 aliphatic rings. The van der Waals surface area contributed by atoms with E-state index in [0.717, 1.165) is 33.4 Å². The van der Waals surface area contributed by atoms with Crippen LogP contribution >= 0.6 is 0 Å². The highest BCUT2D eigenvalue weighted by Gasteiger charge is 2.45. The van der Waals surface area contributed by atoms with E-state index in [1.807, 2.05) is 32.4 Å². The molecule has 0 fully saturated rings. The summed E-state index contributed by atoms with van der Waals surface area (Å²) in [5, 5.41) is 1.04. The van der Waals surface area contributed by atoms with Gasteiger partial charge in [0.15, 0.2) is 5.78 Å². The van der Waals surface area contributed by atoms with Crippen molar-refractivity contribution in [1.29, 1.82) is 0 Å². The number of hydrogen-bond acceptors (Lipinski definition) is 5. The van der Waals surface area contributed by atoms with Crippen molar-refractivity contribution in [3.05, 3.63) is 72.5 Å². The molecule has 2 aromatic heterocycles. The fraction of sp³-hybridized carbons (Fsp3) is 0.150. The van der Waals surface area contributed by atoms with Crippen molar-refractivity contribution in [1.82, 2.24) is 14.9 Å². The molecular formula is C20H16N4O. The highest BCUT2D eigenvalue weighted by molar-refractivity contribution is 6.16. The highest BCUT2D eigenvalue weighted by atomic mass is 16.1. The number of carbonyl (C=O) groups is 1. The van der Waals surface area contributed by atoms with E-state index in [4.69, 9.17) is 0 Å². The topological polar surface area (TPSA) is 49.3 Å². The van der Waals surface area contributed by atoms with Gasteiger partial charge in [0.25, 0.3) is 0 Å². The van der Waals surface area contributed by atoms with E-state index >= 15 is 0 Å². The van der Waals surface area contributed by atoms with Crippen LogP contribution in [0.15, 0.2) is 66.9 Å². The lowest BCUT2D eigenvalue weighted by atomic mass is 9.74. The second kappa shape index (κ2) is 4.66. The van der Waals surface area contributed by atoms with Gasteiger partial charge in [-0.25, -0.2) is 0 Å². The first-order valence-electron chi connectivity index (χ1n) is 8.16. The number of anilines is 1. The molecule has 0 amide bonds. The Kier molecular flexibility index (Phi) is 2.64. The van der Waals surface area contributed by atoms with Gasteiger partial charge in [-0.15, -0.1) is 0 Å². The van der Waals surface area contributed by atoms with Gasteiger partial charge in [0.2, 0.25) is 0 Å². The number of rotatable bonds is 1. The van der Waals surface area contributed by atoms with E-state index in [2.05, 4.69) is 38.1 Å². The largest absolute Gasteiger partial charge is 0.378 e. The van der Waals surface area contributed by atoms with Crippen molar-refractivity contribution in [2.24, 2.45) is 0 Å². The Balaban J connectivity index is 1.91. The normalized spacial score (nSPS) is 23.1. The minimum absolute atomic E-state index is 0.0115. The Hall–Kier alpha value is -3.21. The SMILES string of the molecule is CN(C)C1=CC23C=CC(=O)C=C2c2ccnc4cncc(c24)N3C=C1. The third kappa shape index (κ3) is 1.75. The smallest absolute Gasteiger partial charge is 0.178 e. The fourth-order valence-electron chi connectivity index (χ4n) is 3.90. The van der Waals surface area contributed by atoms with Gasteiger partial charge in [0, 0.05) is 37.6 Å². The molecule has 1 aliphatic carbocycles. The zero-order valence-electron chi connectivity index (χ0n) is 14.0. The van der Waals surface area contributed by atoms with E-state index < -0.39 is 5.54 Å². The zero-order chi connectivity index (χ0) is 17.2. The summed E-state index contributed by atoms with van der Waals surface area (Å²) >= 11 is 0. The van der Waals surface area contributed by atoms with Crippen LogP contribution in [0.4, 0.5) is 5.69 Å². The minimum Gasteiger partial charge on any atom is -0.378 e. The summed E-state index contributed by atoms with van der Waals surface area (Å²) in [6.07, 6.45) is 17.1. The Morgan fingerprint density at radius 2 is 2.08 bits per heavy atom. The molecule has 2 aliphatic heterocycles. The van der Waals surface area contributed by atoms with Crippen LogP contribution in [0.3, 0.4) is 0 Å². The van der Waals surface area contributed by atoms with Crippen LogP contribution in [0.2, 0.25) is 0 Å². The molecule has 4 heterocycles. The maximum atomic E-state index is 12.2. The van der Waals surface area contributed by atoms with Gasteiger partial charge >= 0.3 is 0 Å². The number of ketones is 1. The second-order valence-electron chi connectivity index (χ2n) is 6.68. The molecule has 0 aromatic carbocycles. The molecule has 122 valence electrons. The summed E-state index contributed by atoms with van der Waals surface area (Å²) in [5.41, 5.74) is 4.44. The van der Waals surface area contributed by atoms with Crippen molar-refractivity contribution in [3.8, 4) is 0 Å². The predicted octanol–water partition coefficient (Wildman–Crippen LogP) is 2.68. The van der Waals surface area contributed by atoms with E-state index in [9.17, 15) is 4.79 Å².